The molecule has 1 aromatic rings. The first-order chi connectivity index (χ1) is 9.55. The summed E-state index contributed by atoms with van der Waals surface area (Å²) in [5, 5.41) is 15.0. The minimum atomic E-state index is -1.11. The Labute approximate surface area is 121 Å². The van der Waals surface area contributed by atoms with Gasteiger partial charge in [-0.05, 0) is 32.3 Å². The average Bonchev–Trinajstić information content (AvgIpc) is 2.78. The van der Waals surface area contributed by atoms with Crippen molar-refractivity contribution in [2.24, 2.45) is 0 Å². The number of carbonyl (C=O) groups is 1. The van der Waals surface area contributed by atoms with Crippen molar-refractivity contribution in [1.82, 2.24) is 9.78 Å². The first kappa shape index (κ1) is 15.2. The van der Waals surface area contributed by atoms with Crippen LogP contribution in [0, 0.1) is 0 Å². The minimum Gasteiger partial charge on any atom is -0.382 e. The molecule has 20 heavy (non-hydrogen) atoms. The van der Waals surface area contributed by atoms with Crippen LogP contribution in [0.5, 0.6) is 0 Å². The molecule has 112 valence electrons. The van der Waals surface area contributed by atoms with Crippen molar-refractivity contribution >= 4 is 5.78 Å². The van der Waals surface area contributed by atoms with Gasteiger partial charge in [-0.2, -0.15) is 5.10 Å². The van der Waals surface area contributed by atoms with Gasteiger partial charge in [-0.25, -0.2) is 0 Å². The van der Waals surface area contributed by atoms with Gasteiger partial charge in [0.05, 0.1) is 12.1 Å². The SMILES string of the molecule is CCC(C)n1ccc(CC(=O)C2(O)CCCCCC2)n1. The van der Waals surface area contributed by atoms with E-state index in [1.807, 2.05) is 16.9 Å². The van der Waals surface area contributed by atoms with Crippen LogP contribution in [-0.2, 0) is 11.2 Å². The molecule has 1 unspecified atom stereocenters. The number of hydrogen-bond acceptors (Lipinski definition) is 3. The largest absolute Gasteiger partial charge is 0.382 e. The number of carbonyl (C=O) groups excluding carboxylic acids is 1. The Kier molecular flexibility index (Phi) is 4.97. The molecule has 0 saturated heterocycles. The van der Waals surface area contributed by atoms with Crippen LogP contribution < -0.4 is 0 Å². The van der Waals surface area contributed by atoms with E-state index in [1.54, 1.807) is 0 Å². The van der Waals surface area contributed by atoms with E-state index in [1.165, 1.54) is 0 Å². The molecule has 1 N–H and O–H groups in total. The van der Waals surface area contributed by atoms with Crippen LogP contribution in [0.15, 0.2) is 12.3 Å². The van der Waals surface area contributed by atoms with E-state index in [-0.39, 0.29) is 12.2 Å². The highest BCUT2D eigenvalue weighted by Gasteiger charge is 2.35. The second-order valence-corrected chi connectivity index (χ2v) is 6.09. The van der Waals surface area contributed by atoms with E-state index < -0.39 is 5.60 Å². The fourth-order valence-electron chi connectivity index (χ4n) is 2.83. The maximum atomic E-state index is 12.4. The van der Waals surface area contributed by atoms with Gasteiger partial charge in [0.15, 0.2) is 5.78 Å². The van der Waals surface area contributed by atoms with Gasteiger partial charge >= 0.3 is 0 Å². The van der Waals surface area contributed by atoms with Crippen molar-refractivity contribution < 1.29 is 9.90 Å². The fourth-order valence-corrected chi connectivity index (χ4v) is 2.83. The van der Waals surface area contributed by atoms with E-state index in [4.69, 9.17) is 0 Å². The van der Waals surface area contributed by atoms with Crippen LogP contribution in [-0.4, -0.2) is 26.3 Å². The van der Waals surface area contributed by atoms with Gasteiger partial charge in [0.25, 0.3) is 0 Å². The van der Waals surface area contributed by atoms with Crippen LogP contribution in [0.4, 0.5) is 0 Å². The maximum absolute atomic E-state index is 12.4. The van der Waals surface area contributed by atoms with Gasteiger partial charge in [0.2, 0.25) is 0 Å². The average molecular weight is 278 g/mol. The Morgan fingerprint density at radius 3 is 2.65 bits per heavy atom. The standard InChI is InChI=1S/C16H26N2O2/c1-3-13(2)18-11-8-14(17-18)12-15(19)16(20)9-6-4-5-7-10-16/h8,11,13,20H,3-7,9-10,12H2,1-2H3. The van der Waals surface area contributed by atoms with Crippen molar-refractivity contribution in [3.05, 3.63) is 18.0 Å². The third-order valence-electron chi connectivity index (χ3n) is 4.50. The molecule has 1 aliphatic rings. The molecule has 0 spiro atoms. The lowest BCUT2D eigenvalue weighted by Crippen LogP contribution is -2.39. The lowest BCUT2D eigenvalue weighted by Gasteiger charge is -2.24. The monoisotopic (exact) mass is 278 g/mol. The number of nitrogens with zero attached hydrogens (tertiary/aromatic N) is 2. The van der Waals surface area contributed by atoms with Crippen molar-refractivity contribution in [3.63, 3.8) is 0 Å². The van der Waals surface area contributed by atoms with E-state index in [9.17, 15) is 9.90 Å². The smallest absolute Gasteiger partial charge is 0.170 e. The Hall–Kier alpha value is -1.16. The van der Waals surface area contributed by atoms with Crippen molar-refractivity contribution in [2.75, 3.05) is 0 Å². The predicted octanol–water partition coefficient (Wildman–Crippen LogP) is 3.05. The number of rotatable bonds is 5. The Morgan fingerprint density at radius 1 is 1.40 bits per heavy atom. The lowest BCUT2D eigenvalue weighted by molar-refractivity contribution is -0.138. The second-order valence-electron chi connectivity index (χ2n) is 6.09. The number of hydrogen-bond donors (Lipinski definition) is 1. The summed E-state index contributed by atoms with van der Waals surface area (Å²) in [4.78, 5) is 12.4. The molecular formula is C16H26N2O2. The zero-order chi connectivity index (χ0) is 14.6. The number of ketones is 1. The Morgan fingerprint density at radius 2 is 2.05 bits per heavy atom. The number of Topliss-reactive ketones (excluding diaryl/α,β-unsaturated/α-hetero) is 1. The highest BCUT2D eigenvalue weighted by Crippen LogP contribution is 2.28. The molecule has 1 aliphatic carbocycles. The molecule has 4 nitrogen and oxygen atoms in total. The highest BCUT2D eigenvalue weighted by atomic mass is 16.3. The molecule has 1 atom stereocenters. The fraction of sp³-hybridized carbons (Fsp3) is 0.750. The quantitative estimate of drug-likeness (QED) is 0.842. The normalized spacial score (nSPS) is 20.4. The molecule has 2 rings (SSSR count). The summed E-state index contributed by atoms with van der Waals surface area (Å²) in [6.07, 6.45) is 8.55. The summed E-state index contributed by atoms with van der Waals surface area (Å²) >= 11 is 0. The topological polar surface area (TPSA) is 55.1 Å². The summed E-state index contributed by atoms with van der Waals surface area (Å²) < 4.78 is 1.90. The molecule has 1 fully saturated rings. The summed E-state index contributed by atoms with van der Waals surface area (Å²) in [5.41, 5.74) is -0.343. The summed E-state index contributed by atoms with van der Waals surface area (Å²) in [6, 6.07) is 2.24. The predicted molar refractivity (Wildman–Crippen MR) is 78.6 cm³/mol. The third kappa shape index (κ3) is 3.48. The minimum absolute atomic E-state index is 0.0613. The van der Waals surface area contributed by atoms with E-state index >= 15 is 0 Å². The molecular weight excluding hydrogens is 252 g/mol. The molecule has 4 heteroatoms. The van der Waals surface area contributed by atoms with E-state index in [2.05, 4.69) is 18.9 Å². The zero-order valence-corrected chi connectivity index (χ0v) is 12.6. The van der Waals surface area contributed by atoms with Crippen LogP contribution in [0.3, 0.4) is 0 Å². The van der Waals surface area contributed by atoms with Crippen molar-refractivity contribution in [2.45, 2.75) is 76.9 Å². The molecule has 0 amide bonds. The second kappa shape index (κ2) is 6.53. The van der Waals surface area contributed by atoms with Crippen LogP contribution in [0.1, 0.15) is 70.5 Å². The van der Waals surface area contributed by atoms with E-state index in [0.29, 0.717) is 18.9 Å². The first-order valence-corrected chi connectivity index (χ1v) is 7.85. The van der Waals surface area contributed by atoms with Crippen LogP contribution in [0.2, 0.25) is 0 Å². The Bertz CT molecular complexity index is 445. The van der Waals surface area contributed by atoms with Gasteiger partial charge in [-0.1, -0.05) is 32.6 Å². The van der Waals surface area contributed by atoms with Gasteiger partial charge in [-0.15, -0.1) is 0 Å². The number of aliphatic hydroxyl groups is 1. The van der Waals surface area contributed by atoms with Gasteiger partial charge in [-0.3, -0.25) is 9.48 Å². The van der Waals surface area contributed by atoms with Crippen LogP contribution >= 0.6 is 0 Å². The molecule has 1 heterocycles. The maximum Gasteiger partial charge on any atom is 0.170 e. The first-order valence-electron chi connectivity index (χ1n) is 7.85. The molecule has 1 aromatic heterocycles. The molecule has 0 bridgehead atoms. The van der Waals surface area contributed by atoms with Crippen LogP contribution in [0.25, 0.3) is 0 Å². The number of aromatic nitrogens is 2. The Balaban J connectivity index is 2.01. The lowest BCUT2D eigenvalue weighted by atomic mass is 9.87. The molecule has 0 aliphatic heterocycles. The third-order valence-corrected chi connectivity index (χ3v) is 4.50. The van der Waals surface area contributed by atoms with Gasteiger partial charge in [0, 0.05) is 12.2 Å². The molecule has 0 radical (unpaired) electrons. The van der Waals surface area contributed by atoms with Gasteiger partial charge < -0.3 is 5.11 Å². The zero-order valence-electron chi connectivity index (χ0n) is 12.6. The summed E-state index contributed by atoms with van der Waals surface area (Å²) in [5.74, 6) is -0.0613. The van der Waals surface area contributed by atoms with E-state index in [0.717, 1.165) is 37.8 Å². The summed E-state index contributed by atoms with van der Waals surface area (Å²) in [7, 11) is 0. The molecule has 1 saturated carbocycles. The van der Waals surface area contributed by atoms with Crippen molar-refractivity contribution in [1.29, 1.82) is 0 Å². The summed E-state index contributed by atoms with van der Waals surface area (Å²) in [6.45, 7) is 4.23. The molecule has 0 aromatic carbocycles. The van der Waals surface area contributed by atoms with Gasteiger partial charge in [0.1, 0.15) is 5.60 Å². The highest BCUT2D eigenvalue weighted by molar-refractivity contribution is 5.88. The van der Waals surface area contributed by atoms with Crippen molar-refractivity contribution in [3.8, 4) is 0 Å².